The maximum Gasteiger partial charge on any atom is 0.258 e. The van der Waals surface area contributed by atoms with Gasteiger partial charge in [0, 0.05) is 29.2 Å². The Morgan fingerprint density at radius 1 is 1.00 bits per heavy atom. The zero-order valence-corrected chi connectivity index (χ0v) is 15.4. The predicted octanol–water partition coefficient (Wildman–Crippen LogP) is 3.84. The van der Waals surface area contributed by atoms with Crippen LogP contribution >= 0.6 is 11.6 Å². The topological polar surface area (TPSA) is 76.3 Å². The minimum Gasteiger partial charge on any atom is -0.334 e. The third-order valence-corrected chi connectivity index (χ3v) is 6.46. The highest BCUT2D eigenvalue weighted by Gasteiger charge is 2.27. The normalized spacial score (nSPS) is 15.4. The first-order chi connectivity index (χ1) is 12.5. The predicted molar refractivity (Wildman–Crippen MR) is 98.2 cm³/mol. The number of sulfonamides is 1. The van der Waals surface area contributed by atoms with E-state index in [2.05, 4.69) is 10.1 Å². The zero-order chi connectivity index (χ0) is 18.1. The summed E-state index contributed by atoms with van der Waals surface area (Å²) in [5, 5.41) is 4.55. The number of hydrogen-bond donors (Lipinski definition) is 0. The largest absolute Gasteiger partial charge is 0.334 e. The van der Waals surface area contributed by atoms with Crippen LogP contribution in [0, 0.1) is 0 Å². The fraction of sp³-hybridized carbons (Fsp3) is 0.222. The molecule has 1 aliphatic heterocycles. The molecule has 0 amide bonds. The molecule has 0 bridgehead atoms. The van der Waals surface area contributed by atoms with Gasteiger partial charge in [0.15, 0.2) is 0 Å². The lowest BCUT2D eigenvalue weighted by molar-refractivity contribution is 0.432. The standard InChI is InChI=1S/C18H16ClN3O3S/c19-15-5-3-4-14(12-15)18-20-17(21-25-18)13-6-8-16(9-7-13)26(23,24)22-10-1-2-11-22/h3-9,12H,1-2,10-11H2. The average Bonchev–Trinajstić information content (AvgIpc) is 3.34. The van der Waals surface area contributed by atoms with Crippen LogP contribution in [0.3, 0.4) is 0 Å². The second-order valence-corrected chi connectivity index (χ2v) is 8.44. The smallest absolute Gasteiger partial charge is 0.258 e. The van der Waals surface area contributed by atoms with Crippen molar-refractivity contribution in [1.29, 1.82) is 0 Å². The molecule has 1 aromatic heterocycles. The van der Waals surface area contributed by atoms with Crippen LogP contribution in [0.1, 0.15) is 12.8 Å². The SMILES string of the molecule is O=S(=O)(c1ccc(-c2noc(-c3cccc(Cl)c3)n2)cc1)N1CCCC1. The van der Waals surface area contributed by atoms with Gasteiger partial charge in [-0.2, -0.15) is 9.29 Å². The van der Waals surface area contributed by atoms with Crippen molar-refractivity contribution in [2.24, 2.45) is 0 Å². The minimum atomic E-state index is -3.43. The molecule has 3 aromatic rings. The Morgan fingerprint density at radius 3 is 2.42 bits per heavy atom. The summed E-state index contributed by atoms with van der Waals surface area (Å²) < 4.78 is 31.9. The van der Waals surface area contributed by atoms with Gasteiger partial charge in [0.1, 0.15) is 0 Å². The lowest BCUT2D eigenvalue weighted by Crippen LogP contribution is -2.27. The van der Waals surface area contributed by atoms with Crippen LogP contribution in [-0.2, 0) is 10.0 Å². The highest BCUT2D eigenvalue weighted by atomic mass is 35.5. The van der Waals surface area contributed by atoms with E-state index < -0.39 is 10.0 Å². The first-order valence-corrected chi connectivity index (χ1v) is 10.1. The third kappa shape index (κ3) is 3.25. The molecular formula is C18H16ClN3O3S. The molecular weight excluding hydrogens is 374 g/mol. The molecule has 1 aliphatic rings. The molecule has 1 fully saturated rings. The summed E-state index contributed by atoms with van der Waals surface area (Å²) in [5.74, 6) is 0.751. The molecule has 2 heterocycles. The van der Waals surface area contributed by atoms with Crippen LogP contribution in [0.4, 0.5) is 0 Å². The highest BCUT2D eigenvalue weighted by molar-refractivity contribution is 7.89. The van der Waals surface area contributed by atoms with E-state index in [9.17, 15) is 8.42 Å². The average molecular weight is 390 g/mol. The Labute approximate surface area is 156 Å². The number of benzene rings is 2. The van der Waals surface area contributed by atoms with Gasteiger partial charge in [0.05, 0.1) is 4.90 Å². The zero-order valence-electron chi connectivity index (χ0n) is 13.8. The number of hydrogen-bond acceptors (Lipinski definition) is 5. The molecule has 6 nitrogen and oxygen atoms in total. The Balaban J connectivity index is 1.60. The van der Waals surface area contributed by atoms with E-state index in [-0.39, 0.29) is 4.90 Å². The summed E-state index contributed by atoms with van der Waals surface area (Å²) in [6.07, 6.45) is 1.82. The van der Waals surface area contributed by atoms with Crippen molar-refractivity contribution >= 4 is 21.6 Å². The van der Waals surface area contributed by atoms with Gasteiger partial charge in [-0.15, -0.1) is 0 Å². The highest BCUT2D eigenvalue weighted by Crippen LogP contribution is 2.26. The molecule has 134 valence electrons. The van der Waals surface area contributed by atoms with Gasteiger partial charge < -0.3 is 4.52 Å². The summed E-state index contributed by atoms with van der Waals surface area (Å²) in [5.41, 5.74) is 1.41. The van der Waals surface area contributed by atoms with Crippen LogP contribution in [0.25, 0.3) is 22.8 Å². The van der Waals surface area contributed by atoms with E-state index >= 15 is 0 Å². The van der Waals surface area contributed by atoms with Crippen LogP contribution in [0.5, 0.6) is 0 Å². The monoisotopic (exact) mass is 389 g/mol. The summed E-state index contributed by atoms with van der Waals surface area (Å²) in [7, 11) is -3.43. The van der Waals surface area contributed by atoms with Crippen molar-refractivity contribution in [2.75, 3.05) is 13.1 Å². The quantitative estimate of drug-likeness (QED) is 0.677. The van der Waals surface area contributed by atoms with Gasteiger partial charge in [0.25, 0.3) is 5.89 Å². The Bertz CT molecular complexity index is 1030. The molecule has 0 aliphatic carbocycles. The molecule has 0 radical (unpaired) electrons. The fourth-order valence-electron chi connectivity index (χ4n) is 2.93. The maximum absolute atomic E-state index is 12.6. The van der Waals surface area contributed by atoms with Crippen LogP contribution in [0.15, 0.2) is 57.9 Å². The van der Waals surface area contributed by atoms with Gasteiger partial charge in [-0.1, -0.05) is 22.8 Å². The first kappa shape index (κ1) is 17.2. The van der Waals surface area contributed by atoms with Crippen LogP contribution in [0.2, 0.25) is 5.02 Å². The van der Waals surface area contributed by atoms with E-state index in [1.165, 1.54) is 4.31 Å². The molecule has 4 rings (SSSR count). The molecule has 1 saturated heterocycles. The van der Waals surface area contributed by atoms with E-state index in [1.807, 2.05) is 6.07 Å². The van der Waals surface area contributed by atoms with Crippen molar-refractivity contribution < 1.29 is 12.9 Å². The summed E-state index contributed by atoms with van der Waals surface area (Å²) in [4.78, 5) is 4.64. The second kappa shape index (κ2) is 6.83. The molecule has 0 saturated carbocycles. The van der Waals surface area contributed by atoms with Crippen LogP contribution < -0.4 is 0 Å². The molecule has 0 spiro atoms. The Hall–Kier alpha value is -2.22. The maximum atomic E-state index is 12.6. The van der Waals surface area contributed by atoms with Crippen LogP contribution in [-0.4, -0.2) is 36.0 Å². The summed E-state index contributed by atoms with van der Waals surface area (Å²) in [6, 6.07) is 13.7. The van der Waals surface area contributed by atoms with Gasteiger partial charge in [-0.25, -0.2) is 8.42 Å². The van der Waals surface area contributed by atoms with E-state index in [0.717, 1.165) is 18.4 Å². The number of halogens is 1. The lowest BCUT2D eigenvalue weighted by atomic mass is 10.2. The van der Waals surface area contributed by atoms with Crippen molar-refractivity contribution in [3.05, 3.63) is 53.6 Å². The van der Waals surface area contributed by atoms with Gasteiger partial charge in [-0.3, -0.25) is 0 Å². The molecule has 0 atom stereocenters. The molecule has 0 unspecified atom stereocenters. The minimum absolute atomic E-state index is 0.279. The fourth-order valence-corrected chi connectivity index (χ4v) is 4.64. The molecule has 8 heteroatoms. The van der Waals surface area contributed by atoms with E-state index in [0.29, 0.717) is 35.4 Å². The number of nitrogens with zero attached hydrogens (tertiary/aromatic N) is 3. The van der Waals surface area contributed by atoms with Crippen molar-refractivity contribution in [2.45, 2.75) is 17.7 Å². The first-order valence-electron chi connectivity index (χ1n) is 8.24. The lowest BCUT2D eigenvalue weighted by Gasteiger charge is -2.15. The van der Waals surface area contributed by atoms with Gasteiger partial charge in [0.2, 0.25) is 15.8 Å². The summed E-state index contributed by atoms with van der Waals surface area (Å²) in [6.45, 7) is 1.16. The van der Waals surface area contributed by atoms with Crippen molar-refractivity contribution in [3.8, 4) is 22.8 Å². The number of rotatable bonds is 4. The molecule has 2 aromatic carbocycles. The van der Waals surface area contributed by atoms with Gasteiger partial charge >= 0.3 is 0 Å². The van der Waals surface area contributed by atoms with Gasteiger partial charge in [-0.05, 0) is 55.3 Å². The van der Waals surface area contributed by atoms with Crippen molar-refractivity contribution in [1.82, 2.24) is 14.4 Å². The number of aromatic nitrogens is 2. The molecule has 26 heavy (non-hydrogen) atoms. The third-order valence-electron chi connectivity index (χ3n) is 4.31. The second-order valence-electron chi connectivity index (χ2n) is 6.07. The Morgan fingerprint density at radius 2 is 1.73 bits per heavy atom. The van der Waals surface area contributed by atoms with E-state index in [1.54, 1.807) is 42.5 Å². The Kier molecular flexibility index (Phi) is 4.52. The van der Waals surface area contributed by atoms with Crippen molar-refractivity contribution in [3.63, 3.8) is 0 Å². The summed E-state index contributed by atoms with van der Waals surface area (Å²) >= 11 is 5.98. The molecule has 0 N–H and O–H groups in total. The van der Waals surface area contributed by atoms with E-state index in [4.69, 9.17) is 16.1 Å².